The van der Waals surface area contributed by atoms with Gasteiger partial charge in [-0.05, 0) is 12.1 Å². The van der Waals surface area contributed by atoms with Gasteiger partial charge in [-0.1, -0.05) is 0 Å². The van der Waals surface area contributed by atoms with Crippen molar-refractivity contribution in [3.63, 3.8) is 0 Å². The normalized spacial score (nSPS) is 9.95. The summed E-state index contributed by atoms with van der Waals surface area (Å²) in [6, 6.07) is 5.42. The number of hydrogen-bond donors (Lipinski definition) is 1. The number of aromatic amines is 1. The monoisotopic (exact) mass is 261 g/mol. The van der Waals surface area contributed by atoms with Crippen LogP contribution < -0.4 is 16.0 Å². The summed E-state index contributed by atoms with van der Waals surface area (Å²) in [5.74, 6) is -0.341. The summed E-state index contributed by atoms with van der Waals surface area (Å²) < 4.78 is 19.5. The van der Waals surface area contributed by atoms with E-state index in [0.717, 1.165) is 16.8 Å². The maximum atomic E-state index is 13.7. The van der Waals surface area contributed by atoms with Crippen LogP contribution in [0.3, 0.4) is 0 Å². The molecule has 2 aromatic rings. The van der Waals surface area contributed by atoms with Crippen LogP contribution in [0.1, 0.15) is 5.56 Å². The van der Waals surface area contributed by atoms with E-state index in [1.54, 1.807) is 6.07 Å². The Labute approximate surface area is 106 Å². The SMILES string of the molecule is COc1ccc(F)c(-n2cc(C#N)c(=O)[nH]c2=O)c1. The molecule has 2 rings (SSSR count). The molecule has 0 fully saturated rings. The van der Waals surface area contributed by atoms with Crippen LogP contribution in [0, 0.1) is 17.1 Å². The second kappa shape index (κ2) is 4.78. The van der Waals surface area contributed by atoms with Crippen molar-refractivity contribution in [3.8, 4) is 17.5 Å². The summed E-state index contributed by atoms with van der Waals surface area (Å²) in [5, 5.41) is 8.75. The molecule has 1 aromatic heterocycles. The van der Waals surface area contributed by atoms with E-state index in [1.165, 1.54) is 19.2 Å². The van der Waals surface area contributed by atoms with Crippen LogP contribution in [0.25, 0.3) is 5.69 Å². The number of methoxy groups -OCH3 is 1. The highest BCUT2D eigenvalue weighted by Crippen LogP contribution is 2.18. The molecule has 6 nitrogen and oxygen atoms in total. The van der Waals surface area contributed by atoms with Gasteiger partial charge in [0.1, 0.15) is 23.2 Å². The zero-order valence-corrected chi connectivity index (χ0v) is 9.81. The lowest BCUT2D eigenvalue weighted by molar-refractivity contribution is 0.413. The fraction of sp³-hybridized carbons (Fsp3) is 0.0833. The third-order valence-electron chi connectivity index (χ3n) is 2.48. The Hall–Kier alpha value is -2.88. The van der Waals surface area contributed by atoms with Crippen molar-refractivity contribution in [2.24, 2.45) is 0 Å². The number of benzene rings is 1. The van der Waals surface area contributed by atoms with Crippen molar-refractivity contribution in [3.05, 3.63) is 56.6 Å². The maximum Gasteiger partial charge on any atom is 0.333 e. The van der Waals surface area contributed by atoms with E-state index in [0.29, 0.717) is 5.75 Å². The Morgan fingerprint density at radius 1 is 1.42 bits per heavy atom. The summed E-state index contributed by atoms with van der Waals surface area (Å²) in [4.78, 5) is 24.8. The lowest BCUT2D eigenvalue weighted by atomic mass is 10.2. The summed E-state index contributed by atoms with van der Waals surface area (Å²) in [5.41, 5.74) is -2.05. The minimum Gasteiger partial charge on any atom is -0.497 e. The zero-order chi connectivity index (χ0) is 14.0. The first-order valence-electron chi connectivity index (χ1n) is 5.17. The number of rotatable bonds is 2. The molecule has 96 valence electrons. The third kappa shape index (κ3) is 2.24. The first-order valence-corrected chi connectivity index (χ1v) is 5.17. The second-order valence-corrected chi connectivity index (χ2v) is 3.60. The van der Waals surface area contributed by atoms with E-state index in [-0.39, 0.29) is 11.3 Å². The van der Waals surface area contributed by atoms with Gasteiger partial charge in [0.2, 0.25) is 0 Å². The number of halogens is 1. The summed E-state index contributed by atoms with van der Waals surface area (Å²) in [6.07, 6.45) is 0.985. The molecule has 0 amide bonds. The predicted octanol–water partition coefficient (Wildman–Crippen LogP) is 0.545. The van der Waals surface area contributed by atoms with Gasteiger partial charge < -0.3 is 4.74 Å². The van der Waals surface area contributed by atoms with Gasteiger partial charge in [0.05, 0.1) is 12.8 Å². The minimum atomic E-state index is -0.837. The van der Waals surface area contributed by atoms with E-state index < -0.39 is 17.1 Å². The molecule has 1 heterocycles. The Morgan fingerprint density at radius 2 is 2.16 bits per heavy atom. The quantitative estimate of drug-likeness (QED) is 0.854. The number of nitrogens with zero attached hydrogens (tertiary/aromatic N) is 2. The number of nitrogens with one attached hydrogen (secondary N) is 1. The molecule has 0 atom stereocenters. The lowest BCUT2D eigenvalue weighted by Crippen LogP contribution is -2.30. The minimum absolute atomic E-state index is 0.114. The molecular weight excluding hydrogens is 253 g/mol. The number of nitriles is 1. The molecule has 1 aromatic carbocycles. The lowest BCUT2D eigenvalue weighted by Gasteiger charge is -2.08. The standard InChI is InChI=1S/C12H8FN3O3/c1-19-8-2-3-9(13)10(4-8)16-6-7(5-14)11(17)15-12(16)18/h2-4,6H,1H3,(H,15,17,18). The highest BCUT2D eigenvalue weighted by Gasteiger charge is 2.11. The molecular formula is C12H8FN3O3. The van der Waals surface area contributed by atoms with Gasteiger partial charge in [-0.25, -0.2) is 9.18 Å². The maximum absolute atomic E-state index is 13.7. The summed E-state index contributed by atoms with van der Waals surface area (Å²) in [6.45, 7) is 0. The number of H-pyrrole nitrogens is 1. The van der Waals surface area contributed by atoms with Gasteiger partial charge in [-0.3, -0.25) is 14.3 Å². The molecule has 0 aliphatic rings. The zero-order valence-electron chi connectivity index (χ0n) is 9.81. The Bertz CT molecular complexity index is 786. The first kappa shape index (κ1) is 12.6. The summed E-state index contributed by atoms with van der Waals surface area (Å²) in [7, 11) is 1.40. The highest BCUT2D eigenvalue weighted by molar-refractivity contribution is 5.41. The van der Waals surface area contributed by atoms with Crippen molar-refractivity contribution >= 4 is 0 Å². The van der Waals surface area contributed by atoms with Gasteiger partial charge >= 0.3 is 5.69 Å². The van der Waals surface area contributed by atoms with Crippen LogP contribution in [0.5, 0.6) is 5.75 Å². The molecule has 7 heteroatoms. The van der Waals surface area contributed by atoms with Crippen molar-refractivity contribution in [2.75, 3.05) is 7.11 Å². The van der Waals surface area contributed by atoms with E-state index >= 15 is 0 Å². The molecule has 0 aliphatic heterocycles. The van der Waals surface area contributed by atoms with Gasteiger partial charge in [0, 0.05) is 12.3 Å². The van der Waals surface area contributed by atoms with E-state index in [4.69, 9.17) is 10.00 Å². The van der Waals surface area contributed by atoms with E-state index in [1.807, 2.05) is 4.98 Å². The van der Waals surface area contributed by atoms with Crippen molar-refractivity contribution < 1.29 is 9.13 Å². The summed E-state index contributed by atoms with van der Waals surface area (Å²) >= 11 is 0. The van der Waals surface area contributed by atoms with Gasteiger partial charge in [-0.15, -0.1) is 0 Å². The fourth-order valence-corrected chi connectivity index (χ4v) is 1.53. The third-order valence-corrected chi connectivity index (χ3v) is 2.48. The average molecular weight is 261 g/mol. The highest BCUT2D eigenvalue weighted by atomic mass is 19.1. The average Bonchev–Trinajstić information content (AvgIpc) is 2.40. The van der Waals surface area contributed by atoms with Crippen molar-refractivity contribution in [1.82, 2.24) is 9.55 Å². The Morgan fingerprint density at radius 3 is 2.79 bits per heavy atom. The van der Waals surface area contributed by atoms with Crippen LogP contribution in [0.4, 0.5) is 4.39 Å². The van der Waals surface area contributed by atoms with Crippen molar-refractivity contribution in [2.45, 2.75) is 0 Å². The molecule has 0 unspecified atom stereocenters. The molecule has 0 bridgehead atoms. The van der Waals surface area contributed by atoms with E-state index in [2.05, 4.69) is 0 Å². The molecule has 0 spiro atoms. The topological polar surface area (TPSA) is 87.9 Å². The van der Waals surface area contributed by atoms with Crippen LogP contribution in [-0.2, 0) is 0 Å². The Balaban J connectivity index is 2.76. The smallest absolute Gasteiger partial charge is 0.333 e. The van der Waals surface area contributed by atoms with Crippen LogP contribution >= 0.6 is 0 Å². The predicted molar refractivity (Wildman–Crippen MR) is 63.9 cm³/mol. The molecule has 0 aliphatic carbocycles. The fourth-order valence-electron chi connectivity index (χ4n) is 1.53. The first-order chi connectivity index (χ1) is 9.06. The molecule has 0 radical (unpaired) electrons. The number of aromatic nitrogens is 2. The Kier molecular flexibility index (Phi) is 3.16. The van der Waals surface area contributed by atoms with Gasteiger partial charge in [0.15, 0.2) is 0 Å². The van der Waals surface area contributed by atoms with Crippen LogP contribution in [0.15, 0.2) is 34.0 Å². The van der Waals surface area contributed by atoms with Crippen LogP contribution in [0.2, 0.25) is 0 Å². The van der Waals surface area contributed by atoms with Crippen molar-refractivity contribution in [1.29, 1.82) is 5.26 Å². The molecule has 19 heavy (non-hydrogen) atoms. The second-order valence-electron chi connectivity index (χ2n) is 3.60. The molecule has 1 N–H and O–H groups in total. The largest absolute Gasteiger partial charge is 0.497 e. The van der Waals surface area contributed by atoms with Gasteiger partial charge in [-0.2, -0.15) is 5.26 Å². The van der Waals surface area contributed by atoms with Gasteiger partial charge in [0.25, 0.3) is 5.56 Å². The number of ether oxygens (including phenoxy) is 1. The molecule has 0 saturated carbocycles. The molecule has 0 saturated heterocycles. The number of hydrogen-bond acceptors (Lipinski definition) is 4. The van der Waals surface area contributed by atoms with Crippen LogP contribution in [-0.4, -0.2) is 16.7 Å². The van der Waals surface area contributed by atoms with E-state index in [9.17, 15) is 14.0 Å².